The maximum absolute atomic E-state index is 6.43. The van der Waals surface area contributed by atoms with E-state index >= 15 is 0 Å². The summed E-state index contributed by atoms with van der Waals surface area (Å²) in [5.74, 6) is 0. The summed E-state index contributed by atoms with van der Waals surface area (Å²) < 4.78 is 2.40. The Bertz CT molecular complexity index is 1260. The third kappa shape index (κ3) is 3.35. The lowest BCUT2D eigenvalue weighted by Crippen LogP contribution is -2.02. The number of benzene rings is 4. The molecule has 0 spiro atoms. The first-order valence-corrected chi connectivity index (χ1v) is 10.2. The minimum atomic E-state index is 0.753. The van der Waals surface area contributed by atoms with Crippen LogP contribution in [0, 0.1) is 0 Å². The highest BCUT2D eigenvalue weighted by Crippen LogP contribution is 2.42. The van der Waals surface area contributed by atoms with E-state index in [9.17, 15) is 0 Å². The first kappa shape index (κ1) is 17.8. The molecule has 0 unspecified atom stereocenters. The van der Waals surface area contributed by atoms with Gasteiger partial charge in [0.1, 0.15) is 0 Å². The molecule has 4 aromatic carbocycles. The van der Waals surface area contributed by atoms with Crippen LogP contribution in [0.15, 0.2) is 109 Å². The van der Waals surface area contributed by atoms with Crippen molar-refractivity contribution < 1.29 is 0 Å². The third-order valence-electron chi connectivity index (χ3n) is 5.32. The number of hydrogen-bond acceptors (Lipinski definition) is 0. The molecule has 1 heterocycles. The highest BCUT2D eigenvalue weighted by molar-refractivity contribution is 6.31. The molecule has 0 atom stereocenters. The van der Waals surface area contributed by atoms with Crippen molar-refractivity contribution in [1.29, 1.82) is 0 Å². The fourth-order valence-corrected chi connectivity index (χ4v) is 4.21. The molecule has 0 aliphatic heterocycles. The van der Waals surface area contributed by atoms with Crippen molar-refractivity contribution in [2.75, 3.05) is 0 Å². The van der Waals surface area contributed by atoms with Gasteiger partial charge in [-0.15, -0.1) is 0 Å². The predicted molar refractivity (Wildman–Crippen MR) is 123 cm³/mol. The van der Waals surface area contributed by atoms with Gasteiger partial charge in [-0.1, -0.05) is 109 Å². The van der Waals surface area contributed by atoms with Crippen LogP contribution in [0.25, 0.3) is 33.3 Å². The summed E-state index contributed by atoms with van der Waals surface area (Å²) in [7, 11) is 0. The second kappa shape index (κ2) is 7.62. The molecule has 5 rings (SSSR count). The smallest absolute Gasteiger partial charge is 0.0574 e. The molecule has 2 heteroatoms. The number of halogens is 1. The molecule has 0 bridgehead atoms. The van der Waals surface area contributed by atoms with Crippen molar-refractivity contribution in [3.05, 3.63) is 120 Å². The predicted octanol–water partition coefficient (Wildman–Crippen LogP) is 7.68. The normalized spacial score (nSPS) is 11.1. The van der Waals surface area contributed by atoms with Gasteiger partial charge in [0, 0.05) is 22.5 Å². The topological polar surface area (TPSA) is 4.93 Å². The zero-order chi connectivity index (χ0) is 19.6. The van der Waals surface area contributed by atoms with E-state index in [0.29, 0.717) is 0 Å². The number of aromatic nitrogens is 1. The van der Waals surface area contributed by atoms with E-state index in [1.165, 1.54) is 33.3 Å². The van der Waals surface area contributed by atoms with Crippen LogP contribution in [0.4, 0.5) is 0 Å². The Balaban J connectivity index is 1.87. The molecule has 5 aromatic rings. The summed E-state index contributed by atoms with van der Waals surface area (Å²) in [6.45, 7) is 0.786. The van der Waals surface area contributed by atoms with Crippen LogP contribution in [-0.4, -0.2) is 4.57 Å². The minimum Gasteiger partial charge on any atom is -0.335 e. The van der Waals surface area contributed by atoms with E-state index in [1.807, 2.05) is 6.07 Å². The van der Waals surface area contributed by atoms with E-state index < -0.39 is 0 Å². The Morgan fingerprint density at radius 2 is 1.21 bits per heavy atom. The van der Waals surface area contributed by atoms with Gasteiger partial charge in [-0.3, -0.25) is 0 Å². The molecular weight excluding hydrogens is 374 g/mol. The summed E-state index contributed by atoms with van der Waals surface area (Å²) in [5.41, 5.74) is 7.30. The molecule has 0 aliphatic rings. The van der Waals surface area contributed by atoms with Gasteiger partial charge in [-0.05, 0) is 28.8 Å². The van der Waals surface area contributed by atoms with E-state index in [0.717, 1.165) is 17.1 Å². The Labute approximate surface area is 175 Å². The fourth-order valence-electron chi connectivity index (χ4n) is 4.05. The summed E-state index contributed by atoms with van der Waals surface area (Å²) >= 11 is 6.43. The minimum absolute atomic E-state index is 0.753. The maximum atomic E-state index is 6.43. The number of nitrogens with zero attached hydrogens (tertiary/aromatic N) is 1. The van der Waals surface area contributed by atoms with Gasteiger partial charge in [0.25, 0.3) is 0 Å². The SMILES string of the molecule is Clc1ccc2c(-c3ccccc3)c(-c3ccccc3)n(Cc3ccccc3)c2c1. The van der Waals surface area contributed by atoms with Gasteiger partial charge in [-0.25, -0.2) is 0 Å². The highest BCUT2D eigenvalue weighted by atomic mass is 35.5. The molecule has 0 fully saturated rings. The molecule has 29 heavy (non-hydrogen) atoms. The van der Waals surface area contributed by atoms with E-state index in [-0.39, 0.29) is 0 Å². The Morgan fingerprint density at radius 1 is 0.621 bits per heavy atom. The van der Waals surface area contributed by atoms with Crippen molar-refractivity contribution in [3.63, 3.8) is 0 Å². The van der Waals surface area contributed by atoms with Crippen LogP contribution in [-0.2, 0) is 6.54 Å². The van der Waals surface area contributed by atoms with Gasteiger partial charge >= 0.3 is 0 Å². The number of hydrogen-bond donors (Lipinski definition) is 0. The molecule has 1 nitrogen and oxygen atoms in total. The summed E-state index contributed by atoms with van der Waals surface area (Å²) in [4.78, 5) is 0. The van der Waals surface area contributed by atoms with Crippen molar-refractivity contribution in [3.8, 4) is 22.4 Å². The first-order valence-electron chi connectivity index (χ1n) is 9.78. The number of fused-ring (bicyclic) bond motifs is 1. The standard InChI is InChI=1S/C27H20ClN/c28-23-16-17-24-25(18-23)29(19-20-10-4-1-5-11-20)27(22-14-8-3-9-15-22)26(24)21-12-6-2-7-13-21/h1-18H,19H2. The van der Waals surface area contributed by atoms with Crippen molar-refractivity contribution in [2.24, 2.45) is 0 Å². The molecule has 0 saturated heterocycles. The van der Waals surface area contributed by atoms with Gasteiger partial charge in [0.2, 0.25) is 0 Å². The highest BCUT2D eigenvalue weighted by Gasteiger charge is 2.20. The van der Waals surface area contributed by atoms with Gasteiger partial charge in [0.05, 0.1) is 11.2 Å². The molecular formula is C27H20ClN. The average molecular weight is 394 g/mol. The quantitative estimate of drug-likeness (QED) is 0.295. The van der Waals surface area contributed by atoms with E-state index in [4.69, 9.17) is 11.6 Å². The van der Waals surface area contributed by atoms with Crippen LogP contribution >= 0.6 is 11.6 Å². The van der Waals surface area contributed by atoms with Crippen LogP contribution in [0.2, 0.25) is 5.02 Å². The molecule has 140 valence electrons. The van der Waals surface area contributed by atoms with Crippen LogP contribution in [0.3, 0.4) is 0 Å². The second-order valence-corrected chi connectivity index (χ2v) is 7.63. The summed E-state index contributed by atoms with van der Waals surface area (Å²) in [5, 5.41) is 1.97. The summed E-state index contributed by atoms with van der Waals surface area (Å²) in [6, 6.07) is 38.1. The lowest BCUT2D eigenvalue weighted by molar-refractivity contribution is 0.845. The van der Waals surface area contributed by atoms with Crippen LogP contribution in [0.5, 0.6) is 0 Å². The van der Waals surface area contributed by atoms with Gasteiger partial charge in [0.15, 0.2) is 0 Å². The molecule has 1 aromatic heterocycles. The van der Waals surface area contributed by atoms with E-state index in [1.54, 1.807) is 0 Å². The monoisotopic (exact) mass is 393 g/mol. The zero-order valence-electron chi connectivity index (χ0n) is 15.9. The zero-order valence-corrected chi connectivity index (χ0v) is 16.7. The first-order chi connectivity index (χ1) is 14.3. The van der Waals surface area contributed by atoms with Crippen LogP contribution in [0.1, 0.15) is 5.56 Å². The Kier molecular flexibility index (Phi) is 4.67. The number of rotatable bonds is 4. The average Bonchev–Trinajstić information content (AvgIpc) is 3.09. The fraction of sp³-hybridized carbons (Fsp3) is 0.0370. The third-order valence-corrected chi connectivity index (χ3v) is 5.55. The van der Waals surface area contributed by atoms with Crippen molar-refractivity contribution in [1.82, 2.24) is 4.57 Å². The second-order valence-electron chi connectivity index (χ2n) is 7.19. The largest absolute Gasteiger partial charge is 0.335 e. The van der Waals surface area contributed by atoms with Crippen LogP contribution < -0.4 is 0 Å². The lowest BCUT2D eigenvalue weighted by atomic mass is 9.98. The Morgan fingerprint density at radius 3 is 1.86 bits per heavy atom. The van der Waals surface area contributed by atoms with Crippen molar-refractivity contribution >= 4 is 22.5 Å². The molecule has 0 radical (unpaired) electrons. The lowest BCUT2D eigenvalue weighted by Gasteiger charge is -2.13. The summed E-state index contributed by atoms with van der Waals surface area (Å²) in [6.07, 6.45) is 0. The Hall–Kier alpha value is -3.29. The molecule has 0 N–H and O–H groups in total. The van der Waals surface area contributed by atoms with E-state index in [2.05, 4.69) is 108 Å². The van der Waals surface area contributed by atoms with Gasteiger partial charge < -0.3 is 4.57 Å². The van der Waals surface area contributed by atoms with Gasteiger partial charge in [-0.2, -0.15) is 0 Å². The molecule has 0 saturated carbocycles. The maximum Gasteiger partial charge on any atom is 0.0574 e. The molecule has 0 amide bonds. The molecule has 0 aliphatic carbocycles. The van der Waals surface area contributed by atoms with Crippen molar-refractivity contribution in [2.45, 2.75) is 6.54 Å².